The summed E-state index contributed by atoms with van der Waals surface area (Å²) in [4.78, 5) is 26.1. The number of hydrogen-bond acceptors (Lipinski definition) is 2. The van der Waals surface area contributed by atoms with Gasteiger partial charge in [-0.1, -0.05) is 63.5 Å². The molecular weight excluding hydrogens is 268 g/mol. The number of Topliss-reactive ketones (excluding diaryl/α,β-unsaturated/α-hetero) is 2. The monoisotopic (exact) mass is 290 g/mol. The second kappa shape index (κ2) is 3.99. The zero-order valence-electron chi connectivity index (χ0n) is 12.6. The predicted octanol–water partition coefficient (Wildman–Crippen LogP) is 4.02. The minimum atomic E-state index is -1.97. The first-order chi connectivity index (χ1) is 8.55. The molecule has 1 aromatic carbocycles. The van der Waals surface area contributed by atoms with E-state index < -0.39 is 20.8 Å². The Hall–Kier alpha value is -1.01. The summed E-state index contributed by atoms with van der Waals surface area (Å²) >= 11 is 0. The van der Waals surface area contributed by atoms with E-state index >= 15 is 0 Å². The number of carbonyl (C=O) groups excluding carboxylic acids is 2. The maximum atomic E-state index is 13.1. The van der Waals surface area contributed by atoms with Gasteiger partial charge in [0.05, 0.1) is 20.8 Å². The van der Waals surface area contributed by atoms with Crippen molar-refractivity contribution in [3.63, 3.8) is 0 Å². The minimum absolute atomic E-state index is 0.103. The number of rotatable bonds is 2. The first-order valence-electron chi connectivity index (χ1n) is 6.74. The van der Waals surface area contributed by atoms with Crippen LogP contribution in [0.4, 0.5) is 0 Å². The Morgan fingerprint density at radius 1 is 0.737 bits per heavy atom. The number of hydrogen-bond donors (Lipinski definition) is 0. The van der Waals surface area contributed by atoms with Gasteiger partial charge in [0.2, 0.25) is 0 Å². The maximum Gasteiger partial charge on any atom is 0.171 e. The second-order valence-corrected chi connectivity index (χ2v) is 18.5. The summed E-state index contributed by atoms with van der Waals surface area (Å²) in [5.41, 5.74) is 1.30. The number of fused-ring (bicyclic) bond motifs is 1. The van der Waals surface area contributed by atoms with Gasteiger partial charge < -0.3 is 0 Å². The molecule has 0 unspecified atom stereocenters. The Kier molecular flexibility index (Phi) is 3.03. The van der Waals surface area contributed by atoms with Gasteiger partial charge in [-0.2, -0.15) is 0 Å². The Bertz CT molecular complexity index is 511. The minimum Gasteiger partial charge on any atom is -0.294 e. The van der Waals surface area contributed by atoms with E-state index in [0.717, 1.165) is 0 Å². The molecule has 19 heavy (non-hydrogen) atoms. The van der Waals surface area contributed by atoms with Crippen molar-refractivity contribution < 1.29 is 9.59 Å². The molecule has 1 aliphatic rings. The molecule has 0 N–H and O–H groups in total. The topological polar surface area (TPSA) is 34.1 Å². The molecule has 0 spiro atoms. The van der Waals surface area contributed by atoms with Crippen molar-refractivity contribution >= 4 is 27.7 Å². The van der Waals surface area contributed by atoms with E-state index in [4.69, 9.17) is 0 Å². The molecule has 0 radical (unpaired) electrons. The SMILES string of the molecule is C[Si](C)(C)C1([Si](C)(C)C)C(=O)c2ccccc2C1=O. The van der Waals surface area contributed by atoms with Crippen LogP contribution in [0.15, 0.2) is 24.3 Å². The standard InChI is InChI=1S/C15H22O2Si2/c1-18(2,3)15(19(4,5)6)13(16)11-9-7-8-10-12(11)14(15)17/h7-10H,1-6H3. The second-order valence-electron chi connectivity index (χ2n) is 7.45. The van der Waals surface area contributed by atoms with E-state index in [2.05, 4.69) is 39.3 Å². The highest BCUT2D eigenvalue weighted by Crippen LogP contribution is 2.55. The van der Waals surface area contributed by atoms with Crippen LogP contribution >= 0.6 is 0 Å². The van der Waals surface area contributed by atoms with Gasteiger partial charge in [-0.25, -0.2) is 0 Å². The highest BCUT2D eigenvalue weighted by molar-refractivity contribution is 7.08. The largest absolute Gasteiger partial charge is 0.294 e. The van der Waals surface area contributed by atoms with E-state index in [1.54, 1.807) is 0 Å². The molecule has 2 rings (SSSR count). The molecule has 0 amide bonds. The molecule has 4 heteroatoms. The van der Waals surface area contributed by atoms with Crippen molar-refractivity contribution in [1.29, 1.82) is 0 Å². The summed E-state index contributed by atoms with van der Waals surface area (Å²) in [5, 5.41) is 0. The fourth-order valence-electron chi connectivity index (χ4n) is 3.87. The van der Waals surface area contributed by atoms with Crippen LogP contribution < -0.4 is 0 Å². The van der Waals surface area contributed by atoms with Crippen LogP contribution in [0, 0.1) is 0 Å². The van der Waals surface area contributed by atoms with E-state index in [9.17, 15) is 9.59 Å². The molecule has 0 bridgehead atoms. The maximum absolute atomic E-state index is 13.1. The molecule has 0 aromatic heterocycles. The molecular formula is C15H22O2Si2. The predicted molar refractivity (Wildman–Crippen MR) is 84.5 cm³/mol. The quantitative estimate of drug-likeness (QED) is 0.609. The van der Waals surface area contributed by atoms with Gasteiger partial charge in [-0.15, -0.1) is 0 Å². The van der Waals surface area contributed by atoms with Crippen LogP contribution in [0.5, 0.6) is 0 Å². The van der Waals surface area contributed by atoms with Gasteiger partial charge in [-0.05, 0) is 0 Å². The normalized spacial score (nSPS) is 18.6. The van der Waals surface area contributed by atoms with Crippen molar-refractivity contribution in [2.45, 2.75) is 43.9 Å². The lowest BCUT2D eigenvalue weighted by Crippen LogP contribution is -2.60. The molecule has 2 nitrogen and oxygen atoms in total. The first kappa shape index (κ1) is 14.4. The molecule has 0 fully saturated rings. The smallest absolute Gasteiger partial charge is 0.171 e. The highest BCUT2D eigenvalue weighted by Gasteiger charge is 2.66. The Morgan fingerprint density at radius 2 is 1.05 bits per heavy atom. The van der Waals surface area contributed by atoms with Crippen molar-refractivity contribution in [2.24, 2.45) is 0 Å². The zero-order chi connectivity index (χ0) is 14.6. The lowest BCUT2D eigenvalue weighted by molar-refractivity contribution is 0.0891. The average molecular weight is 291 g/mol. The third-order valence-corrected chi connectivity index (χ3v) is 14.3. The molecule has 0 aliphatic heterocycles. The molecule has 0 atom stereocenters. The van der Waals surface area contributed by atoms with E-state index in [0.29, 0.717) is 11.1 Å². The third kappa shape index (κ3) is 1.66. The van der Waals surface area contributed by atoms with Gasteiger partial charge >= 0.3 is 0 Å². The van der Waals surface area contributed by atoms with Crippen molar-refractivity contribution in [3.8, 4) is 0 Å². The summed E-state index contributed by atoms with van der Waals surface area (Å²) in [5.74, 6) is 0.206. The fraction of sp³-hybridized carbons (Fsp3) is 0.467. The lowest BCUT2D eigenvalue weighted by Gasteiger charge is -2.46. The zero-order valence-corrected chi connectivity index (χ0v) is 14.6. The lowest BCUT2D eigenvalue weighted by atomic mass is 10.1. The number of ketones is 2. The number of carbonyl (C=O) groups is 2. The van der Waals surface area contributed by atoms with Crippen molar-refractivity contribution in [1.82, 2.24) is 0 Å². The molecule has 0 saturated heterocycles. The molecule has 1 aliphatic carbocycles. The average Bonchev–Trinajstić information content (AvgIpc) is 2.48. The molecule has 102 valence electrons. The van der Waals surface area contributed by atoms with Gasteiger partial charge in [0.25, 0.3) is 0 Å². The summed E-state index contributed by atoms with van der Waals surface area (Å²) in [6, 6.07) is 7.35. The number of benzene rings is 1. The van der Waals surface area contributed by atoms with Crippen LogP contribution in [0.2, 0.25) is 43.9 Å². The van der Waals surface area contributed by atoms with Gasteiger partial charge in [0.15, 0.2) is 11.6 Å². The van der Waals surface area contributed by atoms with E-state index in [1.807, 2.05) is 24.3 Å². The van der Waals surface area contributed by atoms with E-state index in [-0.39, 0.29) is 11.6 Å². The van der Waals surface area contributed by atoms with Crippen LogP contribution in [0.25, 0.3) is 0 Å². The first-order valence-corrected chi connectivity index (χ1v) is 13.7. The van der Waals surface area contributed by atoms with Gasteiger partial charge in [-0.3, -0.25) is 9.59 Å². The Morgan fingerprint density at radius 3 is 1.32 bits per heavy atom. The summed E-state index contributed by atoms with van der Waals surface area (Å²) in [7, 11) is -3.94. The fourth-order valence-corrected chi connectivity index (χ4v) is 16.1. The molecule has 0 saturated carbocycles. The third-order valence-electron chi connectivity index (χ3n) is 4.35. The van der Waals surface area contributed by atoms with Crippen LogP contribution in [0.1, 0.15) is 20.7 Å². The Balaban J connectivity index is 2.82. The van der Waals surface area contributed by atoms with Crippen molar-refractivity contribution in [2.75, 3.05) is 0 Å². The van der Waals surface area contributed by atoms with E-state index in [1.165, 1.54) is 0 Å². The Labute approximate surface area is 117 Å². The summed E-state index contributed by atoms with van der Waals surface area (Å²) in [6.45, 7) is 13.0. The molecule has 1 aromatic rings. The van der Waals surface area contributed by atoms with Crippen molar-refractivity contribution in [3.05, 3.63) is 35.4 Å². The van der Waals surface area contributed by atoms with Crippen LogP contribution in [-0.4, -0.2) is 27.7 Å². The summed E-state index contributed by atoms with van der Waals surface area (Å²) < 4.78 is -0.705. The van der Waals surface area contributed by atoms with Gasteiger partial charge in [0.1, 0.15) is 0 Å². The van der Waals surface area contributed by atoms with Crippen LogP contribution in [0.3, 0.4) is 0 Å². The highest BCUT2D eigenvalue weighted by atomic mass is 28.4. The van der Waals surface area contributed by atoms with Gasteiger partial charge in [0, 0.05) is 11.1 Å². The van der Waals surface area contributed by atoms with Crippen LogP contribution in [-0.2, 0) is 0 Å². The molecule has 0 heterocycles. The summed E-state index contributed by atoms with van der Waals surface area (Å²) in [6.07, 6.45) is 0.